The van der Waals surface area contributed by atoms with Crippen LogP contribution in [0.1, 0.15) is 162 Å². The van der Waals surface area contributed by atoms with Crippen LogP contribution in [-0.2, 0) is 4.79 Å². The van der Waals surface area contributed by atoms with Gasteiger partial charge in [-0.1, -0.05) is 55.0 Å². The van der Waals surface area contributed by atoms with E-state index in [0.717, 1.165) is 69.9 Å². The van der Waals surface area contributed by atoms with Gasteiger partial charge in [-0.3, -0.25) is 9.80 Å². The molecule has 13 heteroatoms. The monoisotopic (exact) mass is 849 g/mol. The summed E-state index contributed by atoms with van der Waals surface area (Å²) in [5.41, 5.74) is 6.34. The van der Waals surface area contributed by atoms with Crippen molar-refractivity contribution in [2.24, 2.45) is 23.7 Å². The number of fused-ring (bicyclic) bond motifs is 10. The summed E-state index contributed by atoms with van der Waals surface area (Å²) in [6, 6.07) is 21.4. The molecule has 4 aliphatic heterocycles. The Morgan fingerprint density at radius 1 is 0.541 bits per heavy atom. The van der Waals surface area contributed by atoms with E-state index in [1.807, 2.05) is 0 Å². The largest absolute Gasteiger partial charge is 0.490 e. The van der Waals surface area contributed by atoms with Gasteiger partial charge in [-0.05, 0) is 168 Å². The lowest BCUT2D eigenvalue weighted by atomic mass is 9.81. The number of carboxylic acid groups (broad SMARTS) is 1. The smallest absolute Gasteiger partial charge is 0.475 e. The number of amides is 4. The van der Waals surface area contributed by atoms with E-state index in [0.29, 0.717) is 48.1 Å². The number of hydrogen-bond donors (Lipinski definition) is 5. The Hall–Kier alpha value is -3.84. The molecule has 2 saturated heterocycles. The molecule has 7 aliphatic rings. The van der Waals surface area contributed by atoms with Crippen molar-refractivity contribution in [1.82, 2.24) is 31.1 Å². The van der Waals surface area contributed by atoms with Gasteiger partial charge in [0.05, 0.1) is 0 Å². The van der Waals surface area contributed by atoms with Crippen molar-refractivity contribution >= 4 is 18.0 Å². The fraction of sp³-hybridized carbons (Fsp3) is 0.688. The van der Waals surface area contributed by atoms with Gasteiger partial charge in [0.2, 0.25) is 0 Å². The highest BCUT2D eigenvalue weighted by Crippen LogP contribution is 2.54. The second-order valence-electron chi connectivity index (χ2n) is 19.4. The van der Waals surface area contributed by atoms with Crippen LogP contribution in [0.5, 0.6) is 0 Å². The van der Waals surface area contributed by atoms with Crippen LogP contribution in [0.25, 0.3) is 0 Å². The van der Waals surface area contributed by atoms with Crippen LogP contribution in [0.3, 0.4) is 0 Å². The lowest BCUT2D eigenvalue weighted by Crippen LogP contribution is -2.46. The SMILES string of the molecule is O=C(NCC1CCCC(CNC(=O)NC2CCC(CCN3[C@@H]4CC[C@H]3c3ccccc34)CC2)C1)NC1CCC(CCN2[C@@H]3CC[C@H]2c2ccccc23)CC1.O=C(O)C(F)(F)F. The fourth-order valence-electron chi connectivity index (χ4n) is 12.5. The molecule has 9 rings (SSSR count). The normalized spacial score (nSPS) is 31.7. The van der Waals surface area contributed by atoms with Crippen molar-refractivity contribution < 1.29 is 32.7 Å². The number of halogens is 3. The summed E-state index contributed by atoms with van der Waals surface area (Å²) < 4.78 is 31.7. The number of carbonyl (C=O) groups is 3. The van der Waals surface area contributed by atoms with Crippen LogP contribution in [0.2, 0.25) is 0 Å². The standard InChI is InChI=1S/C46H66N6O2.C2HF3O2/c53-45(49-35-16-12-31(13-17-35)24-26-51-41-20-21-42(51)38-9-2-1-8-37(38)41)47-29-33-6-5-7-34(28-33)30-48-46(54)50-36-18-14-32(15-19-36)25-27-52-43-22-23-44(52)40-11-4-3-10-39(40)43;3-2(4,5)1(6)7/h1-4,8-11,31-36,41-44H,5-7,12-30H2,(H2,47,49,53)(H2,48,50,54);(H,6,7)/t31?,32?,33?,34?,35?,36?,41-,42+,43-,44+;. The van der Waals surface area contributed by atoms with Gasteiger partial charge in [-0.2, -0.15) is 13.2 Å². The first kappa shape index (κ1) is 43.8. The zero-order chi connectivity index (χ0) is 42.5. The summed E-state index contributed by atoms with van der Waals surface area (Å²) in [6.45, 7) is 3.90. The number of carbonyl (C=O) groups excluding carboxylic acids is 2. The maximum Gasteiger partial charge on any atom is 0.490 e. The van der Waals surface area contributed by atoms with Gasteiger partial charge >= 0.3 is 24.2 Å². The number of hydrogen-bond acceptors (Lipinski definition) is 5. The number of urea groups is 2. The van der Waals surface area contributed by atoms with Gasteiger partial charge < -0.3 is 26.4 Å². The molecule has 334 valence electrons. The molecular weight excluding hydrogens is 782 g/mol. The van der Waals surface area contributed by atoms with Gasteiger partial charge in [-0.15, -0.1) is 0 Å². The molecule has 2 aromatic rings. The van der Waals surface area contributed by atoms with Crippen molar-refractivity contribution in [1.29, 1.82) is 0 Å². The Bertz CT molecular complexity index is 1640. The Morgan fingerprint density at radius 2 is 0.885 bits per heavy atom. The molecule has 0 radical (unpaired) electrons. The third kappa shape index (κ3) is 10.7. The van der Waals surface area contributed by atoms with Crippen LogP contribution in [-0.4, -0.2) is 77.4 Å². The van der Waals surface area contributed by atoms with E-state index >= 15 is 0 Å². The number of alkyl halides is 3. The van der Waals surface area contributed by atoms with Gasteiger partial charge in [0.15, 0.2) is 0 Å². The maximum absolute atomic E-state index is 12.9. The maximum atomic E-state index is 12.9. The molecule has 0 aromatic heterocycles. The Labute approximate surface area is 359 Å². The van der Waals surface area contributed by atoms with Crippen LogP contribution in [0, 0.1) is 23.7 Å². The van der Waals surface area contributed by atoms with E-state index in [1.165, 1.54) is 83.7 Å². The minimum absolute atomic E-state index is 0.00734. The van der Waals surface area contributed by atoms with Crippen LogP contribution in [0.4, 0.5) is 22.8 Å². The van der Waals surface area contributed by atoms with Crippen molar-refractivity contribution in [3.63, 3.8) is 0 Å². The molecule has 2 aromatic carbocycles. The van der Waals surface area contributed by atoms with E-state index in [-0.39, 0.29) is 12.1 Å². The van der Waals surface area contributed by atoms with Gasteiger partial charge in [0.25, 0.3) is 0 Å². The fourth-order valence-corrected chi connectivity index (χ4v) is 12.5. The van der Waals surface area contributed by atoms with Crippen LogP contribution >= 0.6 is 0 Å². The second-order valence-corrected chi connectivity index (χ2v) is 19.4. The summed E-state index contributed by atoms with van der Waals surface area (Å²) >= 11 is 0. The molecule has 3 aliphatic carbocycles. The zero-order valence-electron chi connectivity index (χ0n) is 35.6. The predicted octanol–water partition coefficient (Wildman–Crippen LogP) is 9.71. The summed E-state index contributed by atoms with van der Waals surface area (Å²) in [6.07, 6.45) is 16.6. The molecule has 0 spiro atoms. The molecule has 2 unspecified atom stereocenters. The number of rotatable bonds is 12. The van der Waals surface area contributed by atoms with E-state index in [9.17, 15) is 22.8 Å². The van der Waals surface area contributed by atoms with Crippen molar-refractivity contribution in [3.8, 4) is 0 Å². The summed E-state index contributed by atoms with van der Waals surface area (Å²) in [5, 5.41) is 20.2. The molecule has 6 atom stereocenters. The Kier molecular flexibility index (Phi) is 14.1. The Morgan fingerprint density at radius 3 is 1.21 bits per heavy atom. The molecule has 61 heavy (non-hydrogen) atoms. The summed E-state index contributed by atoms with van der Waals surface area (Å²) in [4.78, 5) is 40.3. The minimum atomic E-state index is -5.08. The van der Waals surface area contributed by atoms with Crippen molar-refractivity contribution in [2.75, 3.05) is 26.2 Å². The quantitative estimate of drug-likeness (QED) is 0.145. The third-order valence-corrected chi connectivity index (χ3v) is 15.6. The van der Waals surface area contributed by atoms with E-state index in [1.54, 1.807) is 22.3 Å². The molecule has 4 amide bonds. The second kappa shape index (κ2) is 19.7. The molecule has 5 fully saturated rings. The number of nitrogens with one attached hydrogen (secondary N) is 4. The minimum Gasteiger partial charge on any atom is -0.475 e. The Balaban J connectivity index is 0.000000678. The van der Waals surface area contributed by atoms with Gasteiger partial charge in [-0.25, -0.2) is 14.4 Å². The van der Waals surface area contributed by atoms with Crippen LogP contribution in [0.15, 0.2) is 48.5 Å². The zero-order valence-corrected chi connectivity index (χ0v) is 35.6. The number of carboxylic acids is 1. The third-order valence-electron chi connectivity index (χ3n) is 15.6. The van der Waals surface area contributed by atoms with Crippen molar-refractivity contribution in [2.45, 2.75) is 158 Å². The first-order valence-electron chi connectivity index (χ1n) is 23.6. The van der Waals surface area contributed by atoms with Crippen LogP contribution < -0.4 is 21.3 Å². The lowest BCUT2D eigenvalue weighted by Gasteiger charge is -2.32. The lowest BCUT2D eigenvalue weighted by molar-refractivity contribution is -0.192. The van der Waals surface area contributed by atoms with Gasteiger partial charge in [0, 0.05) is 49.3 Å². The summed E-state index contributed by atoms with van der Waals surface area (Å²) in [7, 11) is 0. The molecule has 5 N–H and O–H groups in total. The van der Waals surface area contributed by atoms with E-state index in [4.69, 9.17) is 9.90 Å². The number of nitrogens with zero attached hydrogens (tertiary/aromatic N) is 2. The highest BCUT2D eigenvalue weighted by atomic mass is 19.4. The van der Waals surface area contributed by atoms with Gasteiger partial charge in [0.1, 0.15) is 0 Å². The number of aliphatic carboxylic acids is 1. The highest BCUT2D eigenvalue weighted by Gasteiger charge is 2.44. The van der Waals surface area contributed by atoms with E-state index < -0.39 is 12.1 Å². The summed E-state index contributed by atoms with van der Waals surface area (Å²) in [5.74, 6) is -0.218. The topological polar surface area (TPSA) is 126 Å². The first-order valence-corrected chi connectivity index (χ1v) is 23.6. The average Bonchev–Trinajstić information content (AvgIpc) is 4.03. The molecule has 10 nitrogen and oxygen atoms in total. The molecule has 4 bridgehead atoms. The highest BCUT2D eigenvalue weighted by molar-refractivity contribution is 5.74. The average molecular weight is 849 g/mol. The number of benzene rings is 2. The predicted molar refractivity (Wildman–Crippen MR) is 229 cm³/mol. The molecular formula is C48H67F3N6O4. The van der Waals surface area contributed by atoms with E-state index in [2.05, 4.69) is 79.6 Å². The van der Waals surface area contributed by atoms with Crippen molar-refractivity contribution in [3.05, 3.63) is 70.8 Å². The first-order chi connectivity index (χ1) is 29.5. The molecule has 4 heterocycles. The molecule has 3 saturated carbocycles.